The number of carbonyl (C=O) groups excluding carboxylic acids is 1. The van der Waals surface area contributed by atoms with Crippen molar-refractivity contribution in [3.05, 3.63) is 27.8 Å². The van der Waals surface area contributed by atoms with Gasteiger partial charge in [0.1, 0.15) is 0 Å². The fourth-order valence-corrected chi connectivity index (χ4v) is 2.84. The van der Waals surface area contributed by atoms with Crippen LogP contribution in [0.2, 0.25) is 0 Å². The fourth-order valence-electron chi connectivity index (χ4n) is 1.78. The predicted molar refractivity (Wildman–Crippen MR) is 72.4 cm³/mol. The number of nitrogens with one attached hydrogen (secondary N) is 1. The molecule has 0 aliphatic carbocycles. The zero-order valence-corrected chi connectivity index (χ0v) is 11.2. The van der Waals surface area contributed by atoms with Crippen LogP contribution in [0, 0.1) is 16.0 Å². The summed E-state index contributed by atoms with van der Waals surface area (Å²) in [4.78, 5) is 22.4. The van der Waals surface area contributed by atoms with E-state index in [0.29, 0.717) is 21.9 Å². The molecule has 1 atom stereocenters. The molecule has 1 unspecified atom stereocenters. The Labute approximate surface area is 114 Å². The minimum absolute atomic E-state index is 0.0189. The molecule has 1 aliphatic heterocycles. The number of nitrogens with zero attached hydrogens (tertiary/aromatic N) is 1. The molecule has 0 saturated heterocycles. The number of anilines is 1. The SMILES string of the molecule is CC(CO)CSc1cc2c(cc1[N+](=O)[O-])CC(=O)N2. The molecule has 1 aromatic carbocycles. The summed E-state index contributed by atoms with van der Waals surface area (Å²) in [6.45, 7) is 1.91. The summed E-state index contributed by atoms with van der Waals surface area (Å²) in [7, 11) is 0. The number of thioether (sulfide) groups is 1. The van der Waals surface area contributed by atoms with Crippen molar-refractivity contribution in [3.8, 4) is 0 Å². The molecule has 1 aromatic rings. The zero-order valence-electron chi connectivity index (χ0n) is 10.4. The van der Waals surface area contributed by atoms with Crippen molar-refractivity contribution in [2.75, 3.05) is 17.7 Å². The number of rotatable bonds is 5. The number of hydrogen-bond acceptors (Lipinski definition) is 5. The van der Waals surface area contributed by atoms with Gasteiger partial charge in [-0.15, -0.1) is 11.8 Å². The second kappa shape index (κ2) is 5.58. The van der Waals surface area contributed by atoms with Crippen molar-refractivity contribution >= 4 is 29.0 Å². The van der Waals surface area contributed by atoms with E-state index in [4.69, 9.17) is 5.11 Å². The van der Waals surface area contributed by atoms with Gasteiger partial charge in [0, 0.05) is 24.1 Å². The van der Waals surface area contributed by atoms with Gasteiger partial charge in [0.2, 0.25) is 5.91 Å². The molecule has 1 heterocycles. The standard InChI is InChI=1S/C12H14N2O4S/c1-7(5-15)6-19-11-4-9-8(3-12(16)13-9)2-10(11)14(17)18/h2,4,7,15H,3,5-6H2,1H3,(H,13,16). The Bertz CT molecular complexity index is 533. The molecule has 1 aliphatic rings. The Morgan fingerprint density at radius 3 is 2.95 bits per heavy atom. The lowest BCUT2D eigenvalue weighted by Gasteiger charge is -2.09. The average molecular weight is 282 g/mol. The summed E-state index contributed by atoms with van der Waals surface area (Å²) < 4.78 is 0. The van der Waals surface area contributed by atoms with Crippen molar-refractivity contribution in [1.29, 1.82) is 0 Å². The summed E-state index contributed by atoms with van der Waals surface area (Å²) in [5.41, 5.74) is 1.33. The van der Waals surface area contributed by atoms with Crippen LogP contribution < -0.4 is 5.32 Å². The molecule has 0 bridgehead atoms. The van der Waals surface area contributed by atoms with Gasteiger partial charge in [0.05, 0.1) is 16.2 Å². The zero-order chi connectivity index (χ0) is 14.0. The minimum atomic E-state index is -0.435. The number of benzene rings is 1. The number of hydrogen-bond donors (Lipinski definition) is 2. The fraction of sp³-hybridized carbons (Fsp3) is 0.417. The van der Waals surface area contributed by atoms with Crippen LogP contribution in [0.25, 0.3) is 0 Å². The van der Waals surface area contributed by atoms with E-state index in [0.717, 1.165) is 0 Å². The van der Waals surface area contributed by atoms with Crippen LogP contribution in [0.5, 0.6) is 0 Å². The van der Waals surface area contributed by atoms with Crippen LogP contribution in [0.4, 0.5) is 11.4 Å². The van der Waals surface area contributed by atoms with Crippen LogP contribution in [0.3, 0.4) is 0 Å². The van der Waals surface area contributed by atoms with Crippen LogP contribution in [-0.4, -0.2) is 28.3 Å². The monoisotopic (exact) mass is 282 g/mol. The highest BCUT2D eigenvalue weighted by Crippen LogP contribution is 2.37. The smallest absolute Gasteiger partial charge is 0.283 e. The van der Waals surface area contributed by atoms with Gasteiger partial charge in [-0.05, 0) is 17.5 Å². The van der Waals surface area contributed by atoms with E-state index in [1.807, 2.05) is 6.92 Å². The van der Waals surface area contributed by atoms with Gasteiger partial charge in [-0.3, -0.25) is 14.9 Å². The van der Waals surface area contributed by atoms with E-state index in [1.54, 1.807) is 6.07 Å². The minimum Gasteiger partial charge on any atom is -0.396 e. The second-order valence-electron chi connectivity index (χ2n) is 4.56. The first-order chi connectivity index (χ1) is 9.01. The van der Waals surface area contributed by atoms with E-state index < -0.39 is 4.92 Å². The second-order valence-corrected chi connectivity index (χ2v) is 5.62. The molecule has 0 spiro atoms. The molecule has 102 valence electrons. The number of aliphatic hydroxyl groups excluding tert-OH is 1. The Balaban J connectivity index is 2.28. The lowest BCUT2D eigenvalue weighted by atomic mass is 10.1. The molecule has 19 heavy (non-hydrogen) atoms. The normalized spacial score (nSPS) is 14.9. The van der Waals surface area contributed by atoms with Gasteiger partial charge in [0.25, 0.3) is 5.69 Å². The molecular formula is C12H14N2O4S. The lowest BCUT2D eigenvalue weighted by molar-refractivity contribution is -0.387. The quantitative estimate of drug-likeness (QED) is 0.488. The highest BCUT2D eigenvalue weighted by atomic mass is 32.2. The molecule has 0 fully saturated rings. The Morgan fingerprint density at radius 2 is 2.32 bits per heavy atom. The predicted octanol–water partition coefficient (Wildman–Crippen LogP) is 1.81. The average Bonchev–Trinajstić information content (AvgIpc) is 2.73. The number of carbonyl (C=O) groups is 1. The highest BCUT2D eigenvalue weighted by Gasteiger charge is 2.24. The number of fused-ring (bicyclic) bond motifs is 1. The summed E-state index contributed by atoms with van der Waals surface area (Å²) in [5, 5.41) is 22.7. The van der Waals surface area contributed by atoms with Crippen molar-refractivity contribution in [2.24, 2.45) is 5.92 Å². The molecule has 1 amide bonds. The Morgan fingerprint density at radius 1 is 1.58 bits per heavy atom. The number of nitro groups is 1. The molecule has 0 saturated carbocycles. The first-order valence-corrected chi connectivity index (χ1v) is 6.84. The van der Waals surface area contributed by atoms with E-state index in [9.17, 15) is 14.9 Å². The summed E-state index contributed by atoms with van der Waals surface area (Å²) in [5.74, 6) is 0.506. The molecule has 6 nitrogen and oxygen atoms in total. The van der Waals surface area contributed by atoms with E-state index in [-0.39, 0.29) is 30.5 Å². The third-order valence-electron chi connectivity index (χ3n) is 2.84. The van der Waals surface area contributed by atoms with Crippen LogP contribution in [-0.2, 0) is 11.2 Å². The first-order valence-electron chi connectivity index (χ1n) is 5.86. The third-order valence-corrected chi connectivity index (χ3v) is 4.22. The molecule has 7 heteroatoms. The Hall–Kier alpha value is -1.60. The topological polar surface area (TPSA) is 92.5 Å². The molecule has 2 rings (SSSR count). The Kier molecular flexibility index (Phi) is 4.06. The van der Waals surface area contributed by atoms with Crippen LogP contribution >= 0.6 is 11.8 Å². The maximum atomic E-state index is 11.3. The maximum Gasteiger partial charge on any atom is 0.283 e. The molecule has 0 aromatic heterocycles. The summed E-state index contributed by atoms with van der Waals surface area (Å²) in [6.07, 6.45) is 0.189. The number of aliphatic hydroxyl groups is 1. The van der Waals surface area contributed by atoms with Gasteiger partial charge >= 0.3 is 0 Å². The van der Waals surface area contributed by atoms with Crippen molar-refractivity contribution in [1.82, 2.24) is 0 Å². The number of nitro benzene ring substituents is 1. The van der Waals surface area contributed by atoms with Gasteiger partial charge in [-0.2, -0.15) is 0 Å². The van der Waals surface area contributed by atoms with Crippen molar-refractivity contribution in [2.45, 2.75) is 18.2 Å². The van der Waals surface area contributed by atoms with Crippen LogP contribution in [0.1, 0.15) is 12.5 Å². The van der Waals surface area contributed by atoms with Crippen LogP contribution in [0.15, 0.2) is 17.0 Å². The molecule has 2 N–H and O–H groups in total. The number of amides is 1. The summed E-state index contributed by atoms with van der Waals surface area (Å²) >= 11 is 1.32. The maximum absolute atomic E-state index is 11.3. The molecule has 0 radical (unpaired) electrons. The first kappa shape index (κ1) is 13.8. The van der Waals surface area contributed by atoms with E-state index in [2.05, 4.69) is 5.32 Å². The summed E-state index contributed by atoms with van der Waals surface area (Å²) in [6, 6.07) is 3.10. The largest absolute Gasteiger partial charge is 0.396 e. The molecular weight excluding hydrogens is 268 g/mol. The van der Waals surface area contributed by atoms with Gasteiger partial charge < -0.3 is 10.4 Å². The van der Waals surface area contributed by atoms with Gasteiger partial charge in [-0.25, -0.2) is 0 Å². The van der Waals surface area contributed by atoms with E-state index >= 15 is 0 Å². The van der Waals surface area contributed by atoms with Gasteiger partial charge in [0.15, 0.2) is 0 Å². The third kappa shape index (κ3) is 3.05. The highest BCUT2D eigenvalue weighted by molar-refractivity contribution is 7.99. The van der Waals surface area contributed by atoms with Crippen molar-refractivity contribution < 1.29 is 14.8 Å². The van der Waals surface area contributed by atoms with E-state index in [1.165, 1.54) is 17.8 Å². The van der Waals surface area contributed by atoms with Gasteiger partial charge in [-0.1, -0.05) is 6.92 Å². The lowest BCUT2D eigenvalue weighted by Crippen LogP contribution is -2.04. The van der Waals surface area contributed by atoms with Crippen molar-refractivity contribution in [3.63, 3.8) is 0 Å².